The van der Waals surface area contributed by atoms with Gasteiger partial charge < -0.3 is 4.90 Å². The molecule has 3 amide bonds. The second-order valence-electron chi connectivity index (χ2n) is 8.43. The van der Waals surface area contributed by atoms with E-state index in [0.717, 1.165) is 11.0 Å². The summed E-state index contributed by atoms with van der Waals surface area (Å²) in [5.41, 5.74) is 0.522. The molecule has 0 saturated carbocycles. The van der Waals surface area contributed by atoms with Crippen molar-refractivity contribution in [3.8, 4) is 0 Å². The van der Waals surface area contributed by atoms with Crippen molar-refractivity contribution in [1.82, 2.24) is 4.90 Å². The maximum absolute atomic E-state index is 13.7. The van der Waals surface area contributed by atoms with Crippen LogP contribution in [0.3, 0.4) is 0 Å². The minimum Gasteiger partial charge on any atom is -0.319 e. The van der Waals surface area contributed by atoms with E-state index in [1.165, 1.54) is 47.4 Å². The van der Waals surface area contributed by atoms with Gasteiger partial charge in [0.15, 0.2) is 0 Å². The summed E-state index contributed by atoms with van der Waals surface area (Å²) >= 11 is 0. The number of nitro groups is 1. The lowest BCUT2D eigenvalue weighted by Crippen LogP contribution is -2.46. The summed E-state index contributed by atoms with van der Waals surface area (Å²) in [5, 5.41) is 16.4. The molecular formula is C25H22N4O7S. The summed E-state index contributed by atoms with van der Waals surface area (Å²) in [6.45, 7) is 1.70. The Bertz CT molecular complexity index is 1490. The zero-order valence-electron chi connectivity index (χ0n) is 19.6. The number of non-ortho nitro benzene ring substituents is 1. The van der Waals surface area contributed by atoms with Gasteiger partial charge in [0.05, 0.1) is 28.0 Å². The highest BCUT2D eigenvalue weighted by atomic mass is 32.2. The lowest BCUT2D eigenvalue weighted by atomic mass is 10.0. The van der Waals surface area contributed by atoms with Crippen LogP contribution in [0.4, 0.5) is 11.4 Å². The average Bonchev–Trinajstić information content (AvgIpc) is 3.17. The van der Waals surface area contributed by atoms with Gasteiger partial charge in [-0.1, -0.05) is 36.4 Å². The number of imide groups is 1. The molecule has 0 spiro atoms. The third-order valence-corrected chi connectivity index (χ3v) is 7.05. The molecule has 0 aliphatic carbocycles. The Morgan fingerprint density at radius 2 is 1.70 bits per heavy atom. The number of carbonyl (C=O) groups is 3. The molecule has 1 aliphatic rings. The molecule has 2 N–H and O–H groups in total. The van der Waals surface area contributed by atoms with Gasteiger partial charge in [-0.2, -0.15) is 0 Å². The van der Waals surface area contributed by atoms with Crippen LogP contribution in [-0.4, -0.2) is 42.0 Å². The van der Waals surface area contributed by atoms with Gasteiger partial charge in [-0.25, -0.2) is 18.5 Å². The first kappa shape index (κ1) is 25.7. The van der Waals surface area contributed by atoms with E-state index in [9.17, 15) is 32.9 Å². The van der Waals surface area contributed by atoms with Crippen LogP contribution in [0.1, 0.15) is 35.3 Å². The molecule has 0 bridgehead atoms. The molecule has 12 heteroatoms. The number of benzene rings is 3. The fourth-order valence-electron chi connectivity index (χ4n) is 4.27. The van der Waals surface area contributed by atoms with E-state index in [-0.39, 0.29) is 28.3 Å². The minimum absolute atomic E-state index is 0.00631. The summed E-state index contributed by atoms with van der Waals surface area (Å²) in [6.07, 6.45) is -0.326. The molecule has 1 heterocycles. The summed E-state index contributed by atoms with van der Waals surface area (Å²) in [7, 11) is -3.98. The van der Waals surface area contributed by atoms with Crippen LogP contribution < -0.4 is 10.0 Å². The van der Waals surface area contributed by atoms with Gasteiger partial charge in [0.2, 0.25) is 15.9 Å². The zero-order chi connectivity index (χ0) is 26.9. The SMILES string of the molecule is CC(c1ccccc1)N(C(=O)c1cccc([N+](=O)[O-])c1)C1CC(=O)N(c2ccc(S(N)(=O)=O)cc2)C1=O. The lowest BCUT2D eigenvalue weighted by Gasteiger charge is -2.33. The number of nitrogens with two attached hydrogens (primary N) is 1. The predicted molar refractivity (Wildman–Crippen MR) is 133 cm³/mol. The predicted octanol–water partition coefficient (Wildman–Crippen LogP) is 2.78. The molecule has 3 aromatic rings. The van der Waals surface area contributed by atoms with Crippen LogP contribution in [0.5, 0.6) is 0 Å². The molecule has 2 atom stereocenters. The van der Waals surface area contributed by atoms with Gasteiger partial charge in [0.25, 0.3) is 17.5 Å². The number of nitro benzene ring substituents is 1. The van der Waals surface area contributed by atoms with Crippen molar-refractivity contribution in [2.75, 3.05) is 4.90 Å². The number of hydrogen-bond donors (Lipinski definition) is 1. The van der Waals surface area contributed by atoms with Crippen molar-refractivity contribution in [2.24, 2.45) is 5.14 Å². The lowest BCUT2D eigenvalue weighted by molar-refractivity contribution is -0.384. The summed E-state index contributed by atoms with van der Waals surface area (Å²) < 4.78 is 23.1. The Hall–Kier alpha value is -4.42. The second kappa shape index (κ2) is 9.91. The summed E-state index contributed by atoms with van der Waals surface area (Å²) in [4.78, 5) is 52.8. The Labute approximate surface area is 212 Å². The Morgan fingerprint density at radius 1 is 1.05 bits per heavy atom. The molecule has 190 valence electrons. The number of anilines is 1. The molecule has 37 heavy (non-hydrogen) atoms. The van der Waals surface area contributed by atoms with E-state index in [0.29, 0.717) is 5.56 Å². The molecule has 3 aromatic carbocycles. The van der Waals surface area contributed by atoms with Crippen LogP contribution in [0, 0.1) is 10.1 Å². The number of amides is 3. The number of primary sulfonamides is 1. The summed E-state index contributed by atoms with van der Waals surface area (Å²) in [6, 6.07) is 17.1. The van der Waals surface area contributed by atoms with E-state index in [1.807, 2.05) is 0 Å². The number of carbonyl (C=O) groups excluding carboxylic acids is 3. The van der Waals surface area contributed by atoms with Gasteiger partial charge in [-0.05, 0) is 42.8 Å². The fraction of sp³-hybridized carbons (Fsp3) is 0.160. The molecular weight excluding hydrogens is 500 g/mol. The van der Waals surface area contributed by atoms with Crippen molar-refractivity contribution in [3.05, 3.63) is 100 Å². The standard InChI is InChI=1S/C25H22N4O7S/c1-16(17-6-3-2-4-7-17)27(24(31)18-8-5-9-20(14-18)29(33)34)22-15-23(30)28(25(22)32)19-10-12-21(13-11-19)37(26,35)36/h2-14,16,22H,15H2,1H3,(H2,26,35,36). The highest BCUT2D eigenvalue weighted by Crippen LogP contribution is 2.33. The minimum atomic E-state index is -3.98. The van der Waals surface area contributed by atoms with Crippen molar-refractivity contribution in [2.45, 2.75) is 30.3 Å². The van der Waals surface area contributed by atoms with Crippen LogP contribution in [-0.2, 0) is 19.6 Å². The van der Waals surface area contributed by atoms with Gasteiger partial charge >= 0.3 is 0 Å². The summed E-state index contributed by atoms with van der Waals surface area (Å²) in [5.74, 6) is -1.93. The first-order chi connectivity index (χ1) is 17.5. The highest BCUT2D eigenvalue weighted by Gasteiger charge is 2.46. The van der Waals surface area contributed by atoms with Crippen molar-refractivity contribution in [3.63, 3.8) is 0 Å². The zero-order valence-corrected chi connectivity index (χ0v) is 20.4. The number of nitrogens with zero attached hydrogens (tertiary/aromatic N) is 3. The van der Waals surface area contributed by atoms with E-state index >= 15 is 0 Å². The first-order valence-electron chi connectivity index (χ1n) is 11.1. The molecule has 0 aromatic heterocycles. The molecule has 4 rings (SSSR count). The largest absolute Gasteiger partial charge is 0.319 e. The molecule has 2 unspecified atom stereocenters. The van der Waals surface area contributed by atoms with E-state index in [4.69, 9.17) is 5.14 Å². The average molecular weight is 523 g/mol. The van der Waals surface area contributed by atoms with Crippen LogP contribution in [0.25, 0.3) is 0 Å². The maximum Gasteiger partial charge on any atom is 0.270 e. The second-order valence-corrected chi connectivity index (χ2v) is 9.99. The van der Waals surface area contributed by atoms with Crippen LogP contribution in [0.2, 0.25) is 0 Å². The molecule has 1 saturated heterocycles. The number of sulfonamides is 1. The number of rotatable bonds is 7. The van der Waals surface area contributed by atoms with E-state index in [1.54, 1.807) is 37.3 Å². The van der Waals surface area contributed by atoms with Gasteiger partial charge in [0, 0.05) is 17.7 Å². The van der Waals surface area contributed by atoms with Crippen molar-refractivity contribution in [1.29, 1.82) is 0 Å². The third-order valence-electron chi connectivity index (χ3n) is 6.12. The quantitative estimate of drug-likeness (QED) is 0.283. The van der Waals surface area contributed by atoms with Gasteiger partial charge in [0.1, 0.15) is 6.04 Å². The van der Waals surface area contributed by atoms with Crippen LogP contribution >= 0.6 is 0 Å². The Morgan fingerprint density at radius 3 is 2.30 bits per heavy atom. The fourth-order valence-corrected chi connectivity index (χ4v) is 4.79. The molecule has 1 fully saturated rings. The topological polar surface area (TPSA) is 161 Å². The third kappa shape index (κ3) is 5.10. The van der Waals surface area contributed by atoms with Crippen molar-refractivity contribution < 1.29 is 27.7 Å². The molecule has 1 aliphatic heterocycles. The first-order valence-corrected chi connectivity index (χ1v) is 12.7. The molecule has 11 nitrogen and oxygen atoms in total. The molecule has 0 radical (unpaired) electrons. The maximum atomic E-state index is 13.7. The monoisotopic (exact) mass is 522 g/mol. The smallest absolute Gasteiger partial charge is 0.270 e. The Kier molecular flexibility index (Phi) is 6.88. The highest BCUT2D eigenvalue weighted by molar-refractivity contribution is 7.89. The van der Waals surface area contributed by atoms with Gasteiger partial charge in [-0.3, -0.25) is 24.5 Å². The number of hydrogen-bond acceptors (Lipinski definition) is 7. The normalized spacial score (nSPS) is 16.5. The van der Waals surface area contributed by atoms with E-state index in [2.05, 4.69) is 0 Å². The van der Waals surface area contributed by atoms with Crippen molar-refractivity contribution >= 4 is 39.1 Å². The Balaban J connectivity index is 1.74. The van der Waals surface area contributed by atoms with Crippen LogP contribution in [0.15, 0.2) is 83.8 Å². The van der Waals surface area contributed by atoms with Gasteiger partial charge in [-0.15, -0.1) is 0 Å². The van der Waals surface area contributed by atoms with E-state index < -0.39 is 44.8 Å².